The lowest BCUT2D eigenvalue weighted by Crippen LogP contribution is -2.17. The molecule has 1 nitrogen and oxygen atoms in total. The summed E-state index contributed by atoms with van der Waals surface area (Å²) in [6, 6.07) is 10.5. The number of benzene rings is 1. The minimum absolute atomic E-state index is 1.00. The van der Waals surface area contributed by atoms with Gasteiger partial charge in [0.15, 0.2) is 0 Å². The van der Waals surface area contributed by atoms with Crippen LogP contribution in [0.15, 0.2) is 54.8 Å². The molecule has 15 heavy (non-hydrogen) atoms. The summed E-state index contributed by atoms with van der Waals surface area (Å²) in [5.41, 5.74) is 1.36. The van der Waals surface area contributed by atoms with E-state index in [9.17, 15) is 0 Å². The standard InChI is InChI=1S/C12H13N.C2H6/c1-3-7-12(8-4-1)11-13-9-5-2-6-10-13;1-2/h1-9H,10-11H2;1-2H3. The third kappa shape index (κ3) is 4.03. The van der Waals surface area contributed by atoms with Crippen LogP contribution in [0.2, 0.25) is 0 Å². The summed E-state index contributed by atoms with van der Waals surface area (Å²) in [5, 5.41) is 0. The van der Waals surface area contributed by atoms with Crippen molar-refractivity contribution in [3.8, 4) is 0 Å². The first kappa shape index (κ1) is 11.6. The van der Waals surface area contributed by atoms with Crippen molar-refractivity contribution < 1.29 is 0 Å². The second-order valence-electron chi connectivity index (χ2n) is 3.18. The average molecular weight is 201 g/mol. The first-order valence-electron chi connectivity index (χ1n) is 5.56. The van der Waals surface area contributed by atoms with E-state index in [1.165, 1.54) is 5.56 Å². The molecule has 1 aromatic carbocycles. The third-order valence-corrected chi connectivity index (χ3v) is 2.11. The molecular weight excluding hydrogens is 182 g/mol. The van der Waals surface area contributed by atoms with Crippen molar-refractivity contribution in [1.82, 2.24) is 4.90 Å². The molecule has 1 heteroatoms. The molecule has 0 radical (unpaired) electrons. The third-order valence-electron chi connectivity index (χ3n) is 2.11. The Hall–Kier alpha value is -1.50. The van der Waals surface area contributed by atoms with Crippen LogP contribution < -0.4 is 0 Å². The number of allylic oxidation sites excluding steroid dienone is 2. The number of rotatable bonds is 2. The monoisotopic (exact) mass is 201 g/mol. The van der Waals surface area contributed by atoms with Gasteiger partial charge in [0.25, 0.3) is 0 Å². The highest BCUT2D eigenvalue weighted by Gasteiger charge is 1.99. The van der Waals surface area contributed by atoms with Gasteiger partial charge in [-0.05, 0) is 17.8 Å². The maximum absolute atomic E-state index is 2.29. The van der Waals surface area contributed by atoms with Crippen LogP contribution in [0, 0.1) is 0 Å². The van der Waals surface area contributed by atoms with Crippen molar-refractivity contribution in [3.63, 3.8) is 0 Å². The fourth-order valence-corrected chi connectivity index (χ4v) is 1.44. The zero-order chi connectivity index (χ0) is 10.9. The Kier molecular flexibility index (Phi) is 5.31. The molecule has 1 aliphatic heterocycles. The Morgan fingerprint density at radius 2 is 1.80 bits per heavy atom. The molecule has 2 rings (SSSR count). The van der Waals surface area contributed by atoms with Gasteiger partial charge >= 0.3 is 0 Å². The number of hydrogen-bond acceptors (Lipinski definition) is 1. The first-order valence-corrected chi connectivity index (χ1v) is 5.56. The molecule has 0 aliphatic carbocycles. The van der Waals surface area contributed by atoms with E-state index in [0.29, 0.717) is 0 Å². The largest absolute Gasteiger partial charge is 0.369 e. The highest BCUT2D eigenvalue weighted by Crippen LogP contribution is 2.06. The highest BCUT2D eigenvalue weighted by molar-refractivity contribution is 5.16. The van der Waals surface area contributed by atoms with Crippen molar-refractivity contribution in [2.45, 2.75) is 20.4 Å². The zero-order valence-corrected chi connectivity index (χ0v) is 9.56. The van der Waals surface area contributed by atoms with Gasteiger partial charge in [0.2, 0.25) is 0 Å². The van der Waals surface area contributed by atoms with Crippen LogP contribution in [0.4, 0.5) is 0 Å². The van der Waals surface area contributed by atoms with Gasteiger partial charge in [-0.25, -0.2) is 0 Å². The van der Waals surface area contributed by atoms with Crippen LogP contribution in [0.1, 0.15) is 19.4 Å². The summed E-state index contributed by atoms with van der Waals surface area (Å²) < 4.78 is 0. The van der Waals surface area contributed by atoms with Crippen molar-refractivity contribution >= 4 is 0 Å². The predicted molar refractivity (Wildman–Crippen MR) is 66.5 cm³/mol. The molecule has 1 heterocycles. The van der Waals surface area contributed by atoms with E-state index in [4.69, 9.17) is 0 Å². The normalized spacial score (nSPS) is 13.3. The van der Waals surface area contributed by atoms with E-state index in [0.717, 1.165) is 13.1 Å². The Morgan fingerprint density at radius 3 is 2.40 bits per heavy atom. The lowest BCUT2D eigenvalue weighted by Gasteiger charge is -2.20. The SMILES string of the molecule is C1=CCN(Cc2ccccc2)C=C1.CC. The molecule has 0 saturated carbocycles. The molecule has 0 atom stereocenters. The summed E-state index contributed by atoms with van der Waals surface area (Å²) in [6.45, 7) is 6.02. The van der Waals surface area contributed by atoms with E-state index in [-0.39, 0.29) is 0 Å². The Labute approximate surface area is 92.7 Å². The minimum Gasteiger partial charge on any atom is -0.369 e. The Balaban J connectivity index is 0.000000531. The Morgan fingerprint density at radius 1 is 1.07 bits per heavy atom. The fourth-order valence-electron chi connectivity index (χ4n) is 1.44. The summed E-state index contributed by atoms with van der Waals surface area (Å²) in [6.07, 6.45) is 8.46. The van der Waals surface area contributed by atoms with E-state index in [2.05, 4.69) is 59.7 Å². The summed E-state index contributed by atoms with van der Waals surface area (Å²) in [7, 11) is 0. The van der Waals surface area contributed by atoms with Gasteiger partial charge in [0, 0.05) is 13.1 Å². The lowest BCUT2D eigenvalue weighted by atomic mass is 10.2. The molecule has 1 aliphatic rings. The van der Waals surface area contributed by atoms with Crippen LogP contribution in [0.25, 0.3) is 0 Å². The molecular formula is C14H19N. The average Bonchev–Trinajstić information content (AvgIpc) is 2.34. The lowest BCUT2D eigenvalue weighted by molar-refractivity contribution is 0.405. The fraction of sp³-hybridized carbons (Fsp3) is 0.286. The number of nitrogens with zero attached hydrogens (tertiary/aromatic N) is 1. The molecule has 0 fully saturated rings. The van der Waals surface area contributed by atoms with Crippen LogP contribution in [0.3, 0.4) is 0 Å². The highest BCUT2D eigenvalue weighted by atomic mass is 15.1. The quantitative estimate of drug-likeness (QED) is 0.706. The molecule has 0 amide bonds. The van der Waals surface area contributed by atoms with Crippen molar-refractivity contribution in [3.05, 3.63) is 60.3 Å². The predicted octanol–water partition coefficient (Wildman–Crippen LogP) is 3.60. The molecule has 0 aromatic heterocycles. The maximum Gasteiger partial charge on any atom is 0.0427 e. The zero-order valence-electron chi connectivity index (χ0n) is 9.56. The Bertz CT molecular complexity index is 311. The van der Waals surface area contributed by atoms with E-state index in [1.54, 1.807) is 0 Å². The van der Waals surface area contributed by atoms with Gasteiger partial charge in [-0.15, -0.1) is 0 Å². The van der Waals surface area contributed by atoms with Crippen LogP contribution >= 0.6 is 0 Å². The first-order chi connectivity index (χ1) is 7.45. The van der Waals surface area contributed by atoms with Gasteiger partial charge in [-0.2, -0.15) is 0 Å². The topological polar surface area (TPSA) is 3.24 Å². The van der Waals surface area contributed by atoms with E-state index in [1.807, 2.05) is 13.8 Å². The summed E-state index contributed by atoms with van der Waals surface area (Å²) >= 11 is 0. The second-order valence-corrected chi connectivity index (χ2v) is 3.18. The molecule has 0 bridgehead atoms. The van der Waals surface area contributed by atoms with Crippen molar-refractivity contribution in [2.24, 2.45) is 0 Å². The van der Waals surface area contributed by atoms with Gasteiger partial charge in [0.1, 0.15) is 0 Å². The van der Waals surface area contributed by atoms with E-state index < -0.39 is 0 Å². The smallest absolute Gasteiger partial charge is 0.0427 e. The van der Waals surface area contributed by atoms with Gasteiger partial charge in [-0.3, -0.25) is 0 Å². The van der Waals surface area contributed by atoms with Gasteiger partial charge < -0.3 is 4.90 Å². The van der Waals surface area contributed by atoms with Crippen LogP contribution in [-0.2, 0) is 6.54 Å². The molecule has 0 unspecified atom stereocenters. The van der Waals surface area contributed by atoms with Crippen molar-refractivity contribution in [2.75, 3.05) is 6.54 Å². The second kappa shape index (κ2) is 6.88. The van der Waals surface area contributed by atoms with Crippen LogP contribution in [-0.4, -0.2) is 11.4 Å². The molecule has 0 N–H and O–H groups in total. The molecule has 0 spiro atoms. The molecule has 80 valence electrons. The minimum atomic E-state index is 1.00. The summed E-state index contributed by atoms with van der Waals surface area (Å²) in [5.74, 6) is 0. The molecule has 0 saturated heterocycles. The summed E-state index contributed by atoms with van der Waals surface area (Å²) in [4.78, 5) is 2.29. The van der Waals surface area contributed by atoms with E-state index >= 15 is 0 Å². The number of hydrogen-bond donors (Lipinski definition) is 0. The van der Waals surface area contributed by atoms with Crippen molar-refractivity contribution in [1.29, 1.82) is 0 Å². The van der Waals surface area contributed by atoms with Gasteiger partial charge in [-0.1, -0.05) is 56.3 Å². The van der Waals surface area contributed by atoms with Crippen LogP contribution in [0.5, 0.6) is 0 Å². The maximum atomic E-state index is 2.29. The molecule has 1 aromatic rings. The van der Waals surface area contributed by atoms with Gasteiger partial charge in [0.05, 0.1) is 0 Å².